The van der Waals surface area contributed by atoms with Crippen molar-refractivity contribution >= 4 is 11.3 Å². The van der Waals surface area contributed by atoms with Crippen molar-refractivity contribution in [2.75, 3.05) is 13.7 Å². The molecule has 0 fully saturated rings. The van der Waals surface area contributed by atoms with E-state index in [0.717, 1.165) is 29.2 Å². The fraction of sp³-hybridized carbons (Fsp3) is 0.333. The number of hydrogen-bond acceptors (Lipinski definition) is 3. The third-order valence-corrected chi connectivity index (χ3v) is 3.90. The summed E-state index contributed by atoms with van der Waals surface area (Å²) in [5, 5.41) is 5.50. The Morgan fingerprint density at radius 2 is 2.00 bits per heavy atom. The van der Waals surface area contributed by atoms with Crippen molar-refractivity contribution in [3.8, 4) is 5.75 Å². The molecule has 1 atom stereocenters. The maximum atomic E-state index is 13.0. The van der Waals surface area contributed by atoms with E-state index in [1.165, 1.54) is 12.1 Å². The van der Waals surface area contributed by atoms with Gasteiger partial charge in [-0.25, -0.2) is 4.39 Å². The number of benzene rings is 1. The van der Waals surface area contributed by atoms with Gasteiger partial charge in [-0.15, -0.1) is 11.3 Å². The van der Waals surface area contributed by atoms with Gasteiger partial charge in [-0.2, -0.15) is 0 Å². The first kappa shape index (κ1) is 14.0. The Bertz CT molecular complexity index is 509. The molecule has 1 heterocycles. The van der Waals surface area contributed by atoms with E-state index >= 15 is 0 Å². The van der Waals surface area contributed by atoms with Crippen LogP contribution in [0, 0.1) is 5.82 Å². The topological polar surface area (TPSA) is 21.3 Å². The molecule has 0 saturated carbocycles. The molecule has 0 aliphatic rings. The van der Waals surface area contributed by atoms with Crippen LogP contribution in [0.25, 0.3) is 0 Å². The third-order valence-electron chi connectivity index (χ3n) is 2.94. The summed E-state index contributed by atoms with van der Waals surface area (Å²) < 4.78 is 18.4. The second-order valence-electron chi connectivity index (χ2n) is 4.29. The Labute approximate surface area is 117 Å². The van der Waals surface area contributed by atoms with E-state index in [1.54, 1.807) is 18.4 Å². The quantitative estimate of drug-likeness (QED) is 0.863. The average molecular weight is 279 g/mol. The van der Waals surface area contributed by atoms with E-state index in [4.69, 9.17) is 4.74 Å². The summed E-state index contributed by atoms with van der Waals surface area (Å²) in [5.74, 6) is 0.666. The van der Waals surface area contributed by atoms with Crippen LogP contribution in [0.1, 0.15) is 29.8 Å². The van der Waals surface area contributed by atoms with Crippen molar-refractivity contribution in [1.82, 2.24) is 5.32 Å². The van der Waals surface area contributed by atoms with Gasteiger partial charge in [0.15, 0.2) is 0 Å². The lowest BCUT2D eigenvalue weighted by molar-refractivity contribution is 0.407. The molecule has 1 N–H and O–H groups in total. The molecule has 2 aromatic rings. The first-order chi connectivity index (χ1) is 9.26. The second kappa shape index (κ2) is 6.68. The molecular formula is C15H18FNOS. The molecule has 0 bridgehead atoms. The fourth-order valence-corrected chi connectivity index (χ4v) is 2.96. The summed E-state index contributed by atoms with van der Waals surface area (Å²) in [6.07, 6.45) is 1.05. The molecule has 1 unspecified atom stereocenters. The second-order valence-corrected chi connectivity index (χ2v) is 5.24. The highest BCUT2D eigenvalue weighted by Crippen LogP contribution is 2.34. The summed E-state index contributed by atoms with van der Waals surface area (Å²) in [5.41, 5.74) is 1.05. The van der Waals surface area contributed by atoms with Crippen LogP contribution in [0.5, 0.6) is 5.75 Å². The van der Waals surface area contributed by atoms with Crippen LogP contribution in [-0.2, 0) is 0 Å². The van der Waals surface area contributed by atoms with Gasteiger partial charge in [-0.05, 0) is 42.1 Å². The van der Waals surface area contributed by atoms with Crippen LogP contribution < -0.4 is 10.1 Å². The largest absolute Gasteiger partial charge is 0.496 e. The fourth-order valence-electron chi connectivity index (χ4n) is 1.99. The van der Waals surface area contributed by atoms with E-state index in [1.807, 2.05) is 23.6 Å². The van der Waals surface area contributed by atoms with Crippen LogP contribution in [0.2, 0.25) is 0 Å². The number of methoxy groups -OCH3 is 1. The first-order valence-corrected chi connectivity index (χ1v) is 7.24. The summed E-state index contributed by atoms with van der Waals surface area (Å²) in [6, 6.07) is 8.65. The molecule has 2 nitrogen and oxygen atoms in total. The van der Waals surface area contributed by atoms with Crippen molar-refractivity contribution in [3.63, 3.8) is 0 Å². The van der Waals surface area contributed by atoms with Crippen molar-refractivity contribution < 1.29 is 9.13 Å². The van der Waals surface area contributed by atoms with E-state index in [2.05, 4.69) is 12.2 Å². The maximum Gasteiger partial charge on any atom is 0.134 e. The third kappa shape index (κ3) is 3.33. The molecule has 0 amide bonds. The minimum Gasteiger partial charge on any atom is -0.496 e. The predicted octanol–water partition coefficient (Wildman–Crippen LogP) is 3.98. The minimum absolute atomic E-state index is 0.0514. The number of hydrogen-bond donors (Lipinski definition) is 1. The van der Waals surface area contributed by atoms with Gasteiger partial charge in [0.25, 0.3) is 0 Å². The van der Waals surface area contributed by atoms with Crippen LogP contribution in [0.4, 0.5) is 4.39 Å². The van der Waals surface area contributed by atoms with E-state index in [-0.39, 0.29) is 11.9 Å². The Morgan fingerprint density at radius 1 is 1.26 bits per heavy atom. The predicted molar refractivity (Wildman–Crippen MR) is 77.4 cm³/mol. The zero-order valence-electron chi connectivity index (χ0n) is 11.2. The number of nitrogens with one attached hydrogen (secondary N) is 1. The van der Waals surface area contributed by atoms with Crippen molar-refractivity contribution in [3.05, 3.63) is 52.0 Å². The molecule has 4 heteroatoms. The van der Waals surface area contributed by atoms with Gasteiger partial charge in [0.2, 0.25) is 0 Å². The van der Waals surface area contributed by atoms with Crippen molar-refractivity contribution in [1.29, 1.82) is 0 Å². The summed E-state index contributed by atoms with van der Waals surface area (Å²) in [4.78, 5) is 1.13. The molecule has 0 spiro atoms. The van der Waals surface area contributed by atoms with Gasteiger partial charge < -0.3 is 10.1 Å². The smallest absolute Gasteiger partial charge is 0.134 e. The van der Waals surface area contributed by atoms with E-state index in [9.17, 15) is 4.39 Å². The molecule has 1 aromatic heterocycles. The zero-order chi connectivity index (χ0) is 13.7. The van der Waals surface area contributed by atoms with Gasteiger partial charge in [0.1, 0.15) is 11.6 Å². The number of ether oxygens (including phenoxy) is 1. The Balaban J connectivity index is 2.32. The van der Waals surface area contributed by atoms with Gasteiger partial charge in [0, 0.05) is 0 Å². The molecule has 1 aromatic carbocycles. The normalized spacial score (nSPS) is 12.4. The highest BCUT2D eigenvalue weighted by molar-refractivity contribution is 7.10. The van der Waals surface area contributed by atoms with Crippen LogP contribution in [-0.4, -0.2) is 13.7 Å². The lowest BCUT2D eigenvalue weighted by Crippen LogP contribution is -2.22. The Morgan fingerprint density at radius 3 is 2.63 bits per heavy atom. The molecule has 102 valence electrons. The van der Waals surface area contributed by atoms with Crippen LogP contribution in [0.3, 0.4) is 0 Å². The number of rotatable bonds is 6. The van der Waals surface area contributed by atoms with Crippen LogP contribution in [0.15, 0.2) is 35.7 Å². The lowest BCUT2D eigenvalue weighted by Gasteiger charge is -2.19. The summed E-state index contributed by atoms with van der Waals surface area (Å²) in [7, 11) is 1.67. The molecule has 0 aliphatic heterocycles. The average Bonchev–Trinajstić information content (AvgIpc) is 2.89. The van der Waals surface area contributed by atoms with E-state index in [0.29, 0.717) is 0 Å². The molecular weight excluding hydrogens is 261 g/mol. The summed E-state index contributed by atoms with van der Waals surface area (Å²) in [6.45, 7) is 3.03. The Hall–Kier alpha value is -1.39. The standard InChI is InChI=1S/C15H18FNOS/c1-3-9-17-14(11-4-6-12(16)7-5-11)15-13(18-2)8-10-19-15/h4-8,10,14,17H,3,9H2,1-2H3. The number of thiophene rings is 1. The van der Waals surface area contributed by atoms with E-state index < -0.39 is 0 Å². The van der Waals surface area contributed by atoms with Crippen LogP contribution >= 0.6 is 11.3 Å². The van der Waals surface area contributed by atoms with Gasteiger partial charge in [0.05, 0.1) is 18.0 Å². The molecule has 19 heavy (non-hydrogen) atoms. The van der Waals surface area contributed by atoms with Gasteiger partial charge in [-0.1, -0.05) is 19.1 Å². The van der Waals surface area contributed by atoms with Gasteiger partial charge >= 0.3 is 0 Å². The molecule has 0 saturated heterocycles. The minimum atomic E-state index is -0.212. The number of halogens is 1. The highest BCUT2D eigenvalue weighted by Gasteiger charge is 2.19. The molecule has 0 radical (unpaired) electrons. The maximum absolute atomic E-state index is 13.0. The molecule has 2 rings (SSSR count). The highest BCUT2D eigenvalue weighted by atomic mass is 32.1. The SMILES string of the molecule is CCCNC(c1ccc(F)cc1)c1sccc1OC. The Kier molecular flexibility index (Phi) is 4.93. The summed E-state index contributed by atoms with van der Waals surface area (Å²) >= 11 is 1.65. The monoisotopic (exact) mass is 279 g/mol. The molecule has 0 aliphatic carbocycles. The zero-order valence-corrected chi connectivity index (χ0v) is 12.0. The van der Waals surface area contributed by atoms with Gasteiger partial charge in [-0.3, -0.25) is 0 Å². The van der Waals surface area contributed by atoms with Crippen molar-refractivity contribution in [2.24, 2.45) is 0 Å². The first-order valence-electron chi connectivity index (χ1n) is 6.36. The lowest BCUT2D eigenvalue weighted by atomic mass is 10.0. The van der Waals surface area contributed by atoms with Crippen molar-refractivity contribution in [2.45, 2.75) is 19.4 Å².